The minimum Gasteiger partial charge on any atom is -0.312 e. The summed E-state index contributed by atoms with van der Waals surface area (Å²) in [5.74, 6) is 0.552. The first kappa shape index (κ1) is 10.2. The van der Waals surface area contributed by atoms with Crippen molar-refractivity contribution in [1.29, 1.82) is 0 Å². The van der Waals surface area contributed by atoms with Crippen LogP contribution in [0, 0.1) is 0 Å². The van der Waals surface area contributed by atoms with E-state index in [0.717, 1.165) is 24.2 Å². The van der Waals surface area contributed by atoms with Crippen LogP contribution in [-0.2, 0) is 20.0 Å². The largest absolute Gasteiger partial charge is 0.312 e. The molecule has 0 saturated heterocycles. The van der Waals surface area contributed by atoms with Gasteiger partial charge in [0.25, 0.3) is 5.56 Å². The maximum atomic E-state index is 11.9. The molecule has 3 heterocycles. The second-order valence-electron chi connectivity index (χ2n) is 4.14. The Balaban J connectivity index is 2.13. The van der Waals surface area contributed by atoms with Crippen LogP contribution in [0.5, 0.6) is 0 Å². The van der Waals surface area contributed by atoms with E-state index in [9.17, 15) is 4.79 Å². The van der Waals surface area contributed by atoms with Gasteiger partial charge in [0, 0.05) is 32.8 Å². The molecule has 0 radical (unpaired) electrons. The van der Waals surface area contributed by atoms with E-state index in [1.54, 1.807) is 4.68 Å². The van der Waals surface area contributed by atoms with Crippen molar-refractivity contribution in [1.82, 2.24) is 25.1 Å². The van der Waals surface area contributed by atoms with Crippen LogP contribution in [0.15, 0.2) is 17.1 Å². The van der Waals surface area contributed by atoms with Crippen molar-refractivity contribution in [3.63, 3.8) is 0 Å². The van der Waals surface area contributed by atoms with Crippen molar-refractivity contribution in [2.24, 2.45) is 7.05 Å². The molecule has 1 aliphatic rings. The van der Waals surface area contributed by atoms with E-state index >= 15 is 0 Å². The molecule has 1 aliphatic heterocycles. The highest BCUT2D eigenvalue weighted by Crippen LogP contribution is 2.13. The second-order valence-corrected chi connectivity index (χ2v) is 4.14. The van der Waals surface area contributed by atoms with Crippen molar-refractivity contribution >= 4 is 0 Å². The number of aromatic amines is 1. The lowest BCUT2D eigenvalue weighted by Gasteiger charge is -2.15. The van der Waals surface area contributed by atoms with Gasteiger partial charge in [0.05, 0.1) is 11.3 Å². The van der Waals surface area contributed by atoms with E-state index in [1.165, 1.54) is 0 Å². The molecule has 0 aromatic carbocycles. The standard InChI is InChI=1S/C11H13N5O/c1-16-5-3-9(15-16)10-13-8-2-4-12-6-7(8)11(17)14-10/h3,5,12H,2,4,6H2,1H3,(H,13,14,17). The Hall–Kier alpha value is -1.95. The maximum Gasteiger partial charge on any atom is 0.255 e. The second kappa shape index (κ2) is 3.81. The van der Waals surface area contributed by atoms with Gasteiger partial charge in [-0.1, -0.05) is 0 Å². The molecule has 6 heteroatoms. The molecule has 6 nitrogen and oxygen atoms in total. The first-order valence-corrected chi connectivity index (χ1v) is 5.57. The molecular weight excluding hydrogens is 218 g/mol. The molecule has 2 aromatic heterocycles. The SMILES string of the molecule is Cn1ccc(-c2nc3c(c(=O)[nH]2)CNCC3)n1. The molecule has 0 spiro atoms. The molecule has 0 amide bonds. The summed E-state index contributed by atoms with van der Waals surface area (Å²) in [6.45, 7) is 1.46. The van der Waals surface area contributed by atoms with Gasteiger partial charge >= 0.3 is 0 Å². The normalized spacial score (nSPS) is 14.6. The number of hydrogen-bond donors (Lipinski definition) is 2. The minimum atomic E-state index is -0.0668. The number of aryl methyl sites for hydroxylation is 1. The molecule has 0 atom stereocenters. The average molecular weight is 231 g/mol. The lowest BCUT2D eigenvalue weighted by Crippen LogP contribution is -2.31. The highest BCUT2D eigenvalue weighted by molar-refractivity contribution is 5.48. The molecular formula is C11H13N5O. The quantitative estimate of drug-likeness (QED) is 0.713. The van der Waals surface area contributed by atoms with Crippen LogP contribution in [0.3, 0.4) is 0 Å². The van der Waals surface area contributed by atoms with Crippen molar-refractivity contribution < 1.29 is 0 Å². The summed E-state index contributed by atoms with van der Waals surface area (Å²) < 4.78 is 1.69. The summed E-state index contributed by atoms with van der Waals surface area (Å²) >= 11 is 0. The van der Waals surface area contributed by atoms with Gasteiger partial charge in [0.1, 0.15) is 5.69 Å². The summed E-state index contributed by atoms with van der Waals surface area (Å²) in [5, 5.41) is 7.40. The third kappa shape index (κ3) is 1.76. The predicted molar refractivity (Wildman–Crippen MR) is 62.5 cm³/mol. The number of fused-ring (bicyclic) bond motifs is 1. The van der Waals surface area contributed by atoms with E-state index in [4.69, 9.17) is 0 Å². The van der Waals surface area contributed by atoms with Gasteiger partial charge in [-0.3, -0.25) is 9.48 Å². The minimum absolute atomic E-state index is 0.0668. The van der Waals surface area contributed by atoms with Crippen LogP contribution in [0.2, 0.25) is 0 Å². The molecule has 2 N–H and O–H groups in total. The lowest BCUT2D eigenvalue weighted by molar-refractivity contribution is 0.621. The fraction of sp³-hybridized carbons (Fsp3) is 0.364. The summed E-state index contributed by atoms with van der Waals surface area (Å²) in [7, 11) is 1.84. The van der Waals surface area contributed by atoms with E-state index in [2.05, 4.69) is 20.4 Å². The van der Waals surface area contributed by atoms with Gasteiger partial charge < -0.3 is 10.3 Å². The zero-order valence-electron chi connectivity index (χ0n) is 9.53. The molecule has 17 heavy (non-hydrogen) atoms. The maximum absolute atomic E-state index is 11.9. The number of rotatable bonds is 1. The number of nitrogens with one attached hydrogen (secondary N) is 2. The zero-order valence-corrected chi connectivity index (χ0v) is 9.53. The molecule has 0 bridgehead atoms. The van der Waals surface area contributed by atoms with E-state index < -0.39 is 0 Å². The van der Waals surface area contributed by atoms with Gasteiger partial charge in [-0.05, 0) is 6.07 Å². The van der Waals surface area contributed by atoms with Gasteiger partial charge in [0.2, 0.25) is 0 Å². The highest BCUT2D eigenvalue weighted by atomic mass is 16.1. The molecule has 0 unspecified atom stereocenters. The molecule has 3 rings (SSSR count). The molecule has 2 aromatic rings. The van der Waals surface area contributed by atoms with Gasteiger partial charge in [-0.15, -0.1) is 0 Å². The van der Waals surface area contributed by atoms with E-state index in [-0.39, 0.29) is 5.56 Å². The van der Waals surface area contributed by atoms with Crippen LogP contribution in [0.1, 0.15) is 11.3 Å². The molecule has 0 saturated carbocycles. The van der Waals surface area contributed by atoms with E-state index in [1.807, 2.05) is 19.3 Å². The Bertz CT molecular complexity index is 613. The third-order valence-electron chi connectivity index (χ3n) is 2.90. The number of hydrogen-bond acceptors (Lipinski definition) is 4. The summed E-state index contributed by atoms with van der Waals surface area (Å²) in [4.78, 5) is 19.2. The third-order valence-corrected chi connectivity index (χ3v) is 2.90. The zero-order chi connectivity index (χ0) is 11.8. The van der Waals surface area contributed by atoms with Crippen molar-refractivity contribution in [2.75, 3.05) is 6.54 Å². The summed E-state index contributed by atoms with van der Waals surface area (Å²) in [6.07, 6.45) is 2.62. The molecule has 88 valence electrons. The summed E-state index contributed by atoms with van der Waals surface area (Å²) in [6, 6.07) is 1.84. The van der Waals surface area contributed by atoms with Gasteiger partial charge in [-0.25, -0.2) is 4.98 Å². The van der Waals surface area contributed by atoms with Crippen LogP contribution in [0.25, 0.3) is 11.5 Å². The number of H-pyrrole nitrogens is 1. The Morgan fingerprint density at radius 3 is 3.12 bits per heavy atom. The van der Waals surface area contributed by atoms with Crippen molar-refractivity contribution in [3.05, 3.63) is 33.9 Å². The van der Waals surface area contributed by atoms with Crippen LogP contribution >= 0.6 is 0 Å². The number of aromatic nitrogens is 4. The fourth-order valence-corrected chi connectivity index (χ4v) is 2.02. The first-order valence-electron chi connectivity index (χ1n) is 5.57. The van der Waals surface area contributed by atoms with Crippen LogP contribution < -0.4 is 10.9 Å². The smallest absolute Gasteiger partial charge is 0.255 e. The predicted octanol–water partition coefficient (Wildman–Crippen LogP) is -0.184. The Morgan fingerprint density at radius 2 is 2.35 bits per heavy atom. The first-order chi connectivity index (χ1) is 8.24. The van der Waals surface area contributed by atoms with Crippen LogP contribution in [0.4, 0.5) is 0 Å². The number of nitrogens with zero attached hydrogens (tertiary/aromatic N) is 3. The monoisotopic (exact) mass is 231 g/mol. The Kier molecular flexibility index (Phi) is 2.29. The van der Waals surface area contributed by atoms with Crippen LogP contribution in [-0.4, -0.2) is 26.3 Å². The van der Waals surface area contributed by atoms with E-state index in [0.29, 0.717) is 18.1 Å². The van der Waals surface area contributed by atoms with Gasteiger partial charge in [-0.2, -0.15) is 5.10 Å². The fourth-order valence-electron chi connectivity index (χ4n) is 2.02. The van der Waals surface area contributed by atoms with Crippen molar-refractivity contribution in [2.45, 2.75) is 13.0 Å². The highest BCUT2D eigenvalue weighted by Gasteiger charge is 2.16. The summed E-state index contributed by atoms with van der Waals surface area (Å²) in [5.41, 5.74) is 2.26. The topological polar surface area (TPSA) is 75.6 Å². The Morgan fingerprint density at radius 1 is 1.47 bits per heavy atom. The lowest BCUT2D eigenvalue weighted by atomic mass is 10.1. The van der Waals surface area contributed by atoms with Gasteiger partial charge in [0.15, 0.2) is 5.82 Å². The average Bonchev–Trinajstić information content (AvgIpc) is 2.76. The molecule has 0 fully saturated rings. The Labute approximate surface area is 97.7 Å². The van der Waals surface area contributed by atoms with Crippen molar-refractivity contribution in [3.8, 4) is 11.5 Å². The molecule has 0 aliphatic carbocycles.